The molecule has 1 rings (SSSR count). The first-order chi connectivity index (χ1) is 6.37. The van der Waals surface area contributed by atoms with E-state index in [0.717, 1.165) is 0 Å². The van der Waals surface area contributed by atoms with Crippen molar-refractivity contribution >= 4 is 23.2 Å². The third-order valence-electron chi connectivity index (χ3n) is 1.18. The number of anilines is 1. The first-order valence-corrected chi connectivity index (χ1v) is 5.02. The summed E-state index contributed by atoms with van der Waals surface area (Å²) in [6.45, 7) is 9.06. The molecule has 1 radical (unpaired) electrons. The second-order valence-corrected chi connectivity index (χ2v) is 4.70. The van der Waals surface area contributed by atoms with E-state index in [9.17, 15) is 4.79 Å². The van der Waals surface area contributed by atoms with Crippen molar-refractivity contribution in [2.45, 2.75) is 26.4 Å². The van der Waals surface area contributed by atoms with Crippen LogP contribution in [0, 0.1) is 6.92 Å². The van der Waals surface area contributed by atoms with Crippen molar-refractivity contribution in [3.8, 4) is 0 Å². The van der Waals surface area contributed by atoms with Gasteiger partial charge in [0.25, 0.3) is 0 Å². The summed E-state index contributed by atoms with van der Waals surface area (Å²) in [5, 5.41) is 4.89. The van der Waals surface area contributed by atoms with Crippen LogP contribution in [0.2, 0.25) is 0 Å². The zero-order valence-corrected chi connectivity index (χ0v) is 9.27. The first-order valence-electron chi connectivity index (χ1n) is 4.14. The van der Waals surface area contributed by atoms with Crippen LogP contribution in [0.1, 0.15) is 25.8 Å². The van der Waals surface area contributed by atoms with Crippen LogP contribution in [-0.4, -0.2) is 16.7 Å². The Balaban J connectivity index is 2.50. The molecule has 0 spiro atoms. The molecule has 0 atom stereocenters. The van der Waals surface area contributed by atoms with Gasteiger partial charge in [-0.25, -0.2) is 9.78 Å². The van der Waals surface area contributed by atoms with Crippen molar-refractivity contribution in [2.24, 2.45) is 0 Å². The van der Waals surface area contributed by atoms with Crippen LogP contribution in [0.4, 0.5) is 10.6 Å². The summed E-state index contributed by atoms with van der Waals surface area (Å²) in [6, 6.07) is 0. The average molecular weight is 213 g/mol. The Hall–Kier alpha value is -1.10. The van der Waals surface area contributed by atoms with E-state index >= 15 is 0 Å². The number of thiazole rings is 1. The number of hydrogen-bond donors (Lipinski definition) is 1. The minimum atomic E-state index is -0.497. The molecule has 0 bridgehead atoms. The van der Waals surface area contributed by atoms with Crippen LogP contribution < -0.4 is 5.32 Å². The van der Waals surface area contributed by atoms with Gasteiger partial charge in [0.15, 0.2) is 0 Å². The van der Waals surface area contributed by atoms with Gasteiger partial charge in [-0.05, 0) is 20.8 Å². The molecule has 0 aliphatic carbocycles. The molecule has 0 saturated carbocycles. The minimum Gasteiger partial charge on any atom is -0.444 e. The lowest BCUT2D eigenvalue weighted by molar-refractivity contribution is 0.0635. The van der Waals surface area contributed by atoms with E-state index in [2.05, 4.69) is 17.2 Å². The standard InChI is InChI=1S/C9H13N2O2S/c1-6-10-7(5-14-6)11-8(12)13-9(2,3)4/h5H,1H2,2-4H3,(H,11,12). The Kier molecular flexibility index (Phi) is 3.10. The molecule has 1 aromatic rings. The first kappa shape index (κ1) is 11.0. The zero-order valence-electron chi connectivity index (χ0n) is 8.46. The number of nitrogens with one attached hydrogen (secondary N) is 1. The normalized spacial score (nSPS) is 11.1. The summed E-state index contributed by atoms with van der Waals surface area (Å²) in [7, 11) is 0. The summed E-state index contributed by atoms with van der Waals surface area (Å²) in [5.74, 6) is 0.481. The van der Waals surface area contributed by atoms with Crippen molar-refractivity contribution < 1.29 is 9.53 Å². The molecule has 1 N–H and O–H groups in total. The van der Waals surface area contributed by atoms with E-state index in [-0.39, 0.29) is 0 Å². The van der Waals surface area contributed by atoms with Crippen LogP contribution in [0.5, 0.6) is 0 Å². The van der Waals surface area contributed by atoms with Gasteiger partial charge in [0.1, 0.15) is 11.4 Å². The van der Waals surface area contributed by atoms with Crippen LogP contribution in [-0.2, 0) is 4.74 Å². The predicted octanol–water partition coefficient (Wildman–Crippen LogP) is 2.67. The number of amides is 1. The lowest BCUT2D eigenvalue weighted by Gasteiger charge is -2.18. The smallest absolute Gasteiger partial charge is 0.413 e. The third kappa shape index (κ3) is 3.74. The highest BCUT2D eigenvalue weighted by Crippen LogP contribution is 2.14. The maximum atomic E-state index is 11.2. The van der Waals surface area contributed by atoms with Crippen molar-refractivity contribution in [1.82, 2.24) is 4.98 Å². The molecule has 1 heterocycles. The molecule has 1 aromatic heterocycles. The largest absolute Gasteiger partial charge is 0.444 e. The monoisotopic (exact) mass is 213 g/mol. The van der Waals surface area contributed by atoms with Gasteiger partial charge in [-0.3, -0.25) is 5.32 Å². The highest BCUT2D eigenvalue weighted by atomic mass is 32.1. The molecular weight excluding hydrogens is 200 g/mol. The van der Waals surface area contributed by atoms with Gasteiger partial charge in [0.05, 0.1) is 5.01 Å². The number of carbonyl (C=O) groups excluding carboxylic acids is 1. The molecule has 0 aliphatic rings. The Morgan fingerprint density at radius 2 is 2.29 bits per heavy atom. The summed E-state index contributed by atoms with van der Waals surface area (Å²) in [6.07, 6.45) is -0.497. The van der Waals surface area contributed by atoms with Crippen LogP contribution in [0.3, 0.4) is 0 Å². The van der Waals surface area contributed by atoms with Crippen molar-refractivity contribution in [3.63, 3.8) is 0 Å². The topological polar surface area (TPSA) is 51.2 Å². The molecule has 0 aliphatic heterocycles. The number of ether oxygens (including phenoxy) is 1. The summed E-state index contributed by atoms with van der Waals surface area (Å²) in [4.78, 5) is 15.2. The van der Waals surface area contributed by atoms with E-state index in [1.807, 2.05) is 0 Å². The third-order valence-corrected chi connectivity index (χ3v) is 1.89. The maximum absolute atomic E-state index is 11.2. The minimum absolute atomic E-state index is 0.481. The lowest BCUT2D eigenvalue weighted by atomic mass is 10.2. The second-order valence-electron chi connectivity index (χ2n) is 3.75. The molecule has 0 saturated heterocycles. The van der Waals surface area contributed by atoms with Crippen molar-refractivity contribution in [1.29, 1.82) is 0 Å². The van der Waals surface area contributed by atoms with Gasteiger partial charge in [-0.1, -0.05) is 0 Å². The molecule has 14 heavy (non-hydrogen) atoms. The molecule has 0 unspecified atom stereocenters. The van der Waals surface area contributed by atoms with E-state index in [1.165, 1.54) is 11.3 Å². The van der Waals surface area contributed by atoms with Gasteiger partial charge >= 0.3 is 6.09 Å². The number of hydrogen-bond acceptors (Lipinski definition) is 4. The Bertz CT molecular complexity index is 328. The van der Waals surface area contributed by atoms with Crippen LogP contribution in [0.15, 0.2) is 5.38 Å². The summed E-state index contributed by atoms with van der Waals surface area (Å²) >= 11 is 1.37. The quantitative estimate of drug-likeness (QED) is 0.780. The molecule has 5 heteroatoms. The lowest BCUT2D eigenvalue weighted by Crippen LogP contribution is -2.27. The molecule has 0 fully saturated rings. The second kappa shape index (κ2) is 3.96. The summed E-state index contributed by atoms with van der Waals surface area (Å²) < 4.78 is 5.05. The molecule has 77 valence electrons. The van der Waals surface area contributed by atoms with Gasteiger partial charge in [0.2, 0.25) is 0 Å². The fourth-order valence-electron chi connectivity index (χ4n) is 0.776. The molecule has 0 aromatic carbocycles. The Morgan fingerprint density at radius 1 is 1.64 bits per heavy atom. The van der Waals surface area contributed by atoms with Gasteiger partial charge in [-0.15, -0.1) is 11.3 Å². The SMILES string of the molecule is [CH2]c1nc(NC(=O)OC(C)(C)C)cs1. The van der Waals surface area contributed by atoms with E-state index < -0.39 is 11.7 Å². The Labute approximate surface area is 87.3 Å². The molecule has 4 nitrogen and oxygen atoms in total. The molecule has 1 amide bonds. The number of carbonyl (C=O) groups is 1. The number of nitrogens with zero attached hydrogens (tertiary/aromatic N) is 1. The Morgan fingerprint density at radius 3 is 2.71 bits per heavy atom. The van der Waals surface area contributed by atoms with Crippen LogP contribution >= 0.6 is 11.3 Å². The van der Waals surface area contributed by atoms with Crippen LogP contribution in [0.25, 0.3) is 0 Å². The van der Waals surface area contributed by atoms with Crippen molar-refractivity contribution in [3.05, 3.63) is 17.3 Å². The van der Waals surface area contributed by atoms with Crippen molar-refractivity contribution in [2.75, 3.05) is 5.32 Å². The number of rotatable bonds is 1. The summed E-state index contributed by atoms with van der Waals surface area (Å²) in [5.41, 5.74) is -0.493. The maximum Gasteiger partial charge on any atom is 0.413 e. The van der Waals surface area contributed by atoms with Gasteiger partial charge in [0, 0.05) is 12.3 Å². The zero-order chi connectivity index (χ0) is 10.8. The van der Waals surface area contributed by atoms with E-state index in [4.69, 9.17) is 4.74 Å². The van der Waals surface area contributed by atoms with E-state index in [0.29, 0.717) is 10.8 Å². The fourth-order valence-corrected chi connectivity index (χ4v) is 1.29. The highest BCUT2D eigenvalue weighted by Gasteiger charge is 2.16. The average Bonchev–Trinajstić information content (AvgIpc) is 2.30. The van der Waals surface area contributed by atoms with E-state index in [1.54, 1.807) is 26.2 Å². The number of aromatic nitrogens is 1. The highest BCUT2D eigenvalue weighted by molar-refractivity contribution is 7.10. The molecular formula is C9H13N2O2S. The van der Waals surface area contributed by atoms with Gasteiger partial charge < -0.3 is 4.74 Å². The fraction of sp³-hybridized carbons (Fsp3) is 0.444. The van der Waals surface area contributed by atoms with Gasteiger partial charge in [-0.2, -0.15) is 0 Å². The predicted molar refractivity (Wildman–Crippen MR) is 56.4 cm³/mol.